The van der Waals surface area contributed by atoms with E-state index in [4.69, 9.17) is 0 Å². The molecule has 1 atom stereocenters. The Morgan fingerprint density at radius 3 is 1.60 bits per heavy atom. The van der Waals surface area contributed by atoms with Gasteiger partial charge in [0.1, 0.15) is 0 Å². The molecule has 3 aliphatic carbocycles. The minimum absolute atomic E-state index is 0.384. The second-order valence-corrected chi connectivity index (χ2v) is 13.2. The van der Waals surface area contributed by atoms with Crippen molar-refractivity contribution in [2.75, 3.05) is 4.90 Å². The standard InChI is InChI=1S/C47H29N/c1-2-15-33(16-3-1)48(42-25-9-7-17-34(42)32-28-27-30-13-4-5-14-31(30)29-32)43-26-12-23-40-39-22-11-21-38-37-20-10-19-36-35-18-6-8-24-41(35)47(44(36)37,45(38)39)46(40)43/h1-29H. The van der Waals surface area contributed by atoms with Crippen molar-refractivity contribution in [2.45, 2.75) is 5.41 Å². The Morgan fingerprint density at radius 2 is 0.854 bits per heavy atom. The van der Waals surface area contributed by atoms with Crippen molar-refractivity contribution in [3.8, 4) is 44.5 Å². The molecule has 0 aromatic heterocycles. The zero-order chi connectivity index (χ0) is 31.4. The van der Waals surface area contributed by atoms with Crippen molar-refractivity contribution in [1.29, 1.82) is 0 Å². The van der Waals surface area contributed by atoms with Crippen molar-refractivity contribution in [3.05, 3.63) is 198 Å². The molecule has 1 unspecified atom stereocenters. The summed E-state index contributed by atoms with van der Waals surface area (Å²) in [6.07, 6.45) is 0. The molecule has 0 radical (unpaired) electrons. The van der Waals surface area contributed by atoms with Gasteiger partial charge in [-0.15, -0.1) is 0 Å². The van der Waals surface area contributed by atoms with Crippen LogP contribution in [0.4, 0.5) is 17.1 Å². The predicted octanol–water partition coefficient (Wildman–Crippen LogP) is 12.3. The molecule has 222 valence electrons. The molecule has 8 aromatic carbocycles. The van der Waals surface area contributed by atoms with Gasteiger partial charge in [-0.25, -0.2) is 0 Å². The first kappa shape index (κ1) is 25.9. The first-order valence-corrected chi connectivity index (χ1v) is 16.8. The molecule has 0 saturated carbocycles. The van der Waals surface area contributed by atoms with Gasteiger partial charge in [-0.3, -0.25) is 0 Å². The van der Waals surface area contributed by atoms with Crippen LogP contribution in [0.5, 0.6) is 0 Å². The summed E-state index contributed by atoms with van der Waals surface area (Å²) in [4.78, 5) is 2.52. The third kappa shape index (κ3) is 3.16. The summed E-state index contributed by atoms with van der Waals surface area (Å²) in [5, 5.41) is 2.50. The van der Waals surface area contributed by atoms with Crippen LogP contribution in [0.3, 0.4) is 0 Å². The lowest BCUT2D eigenvalue weighted by Crippen LogP contribution is -2.26. The molecule has 0 amide bonds. The van der Waals surface area contributed by atoms with Gasteiger partial charge in [0.05, 0.1) is 16.8 Å². The van der Waals surface area contributed by atoms with Crippen LogP contribution in [-0.2, 0) is 5.41 Å². The van der Waals surface area contributed by atoms with Crippen molar-refractivity contribution in [2.24, 2.45) is 0 Å². The van der Waals surface area contributed by atoms with E-state index in [0.29, 0.717) is 0 Å². The quantitative estimate of drug-likeness (QED) is 0.192. The van der Waals surface area contributed by atoms with E-state index in [2.05, 4.69) is 181 Å². The van der Waals surface area contributed by atoms with E-state index in [1.807, 2.05) is 0 Å². The van der Waals surface area contributed by atoms with Gasteiger partial charge in [-0.2, -0.15) is 0 Å². The number of hydrogen-bond donors (Lipinski definition) is 0. The summed E-state index contributed by atoms with van der Waals surface area (Å²) in [5.41, 5.74) is 19.3. The number of hydrogen-bond acceptors (Lipinski definition) is 1. The lowest BCUT2D eigenvalue weighted by Gasteiger charge is -2.35. The molecule has 0 bridgehead atoms. The Bertz CT molecular complexity index is 2590. The van der Waals surface area contributed by atoms with Gasteiger partial charge in [0, 0.05) is 16.8 Å². The van der Waals surface area contributed by atoms with Gasteiger partial charge in [-0.05, 0) is 96.7 Å². The van der Waals surface area contributed by atoms with Crippen molar-refractivity contribution >= 4 is 27.8 Å². The number of para-hydroxylation sites is 2. The Kier molecular flexibility index (Phi) is 5.10. The molecule has 3 aliphatic rings. The maximum absolute atomic E-state index is 2.52. The monoisotopic (exact) mass is 607 g/mol. The number of nitrogens with zero attached hydrogens (tertiary/aromatic N) is 1. The van der Waals surface area contributed by atoms with Gasteiger partial charge in [0.15, 0.2) is 0 Å². The van der Waals surface area contributed by atoms with Gasteiger partial charge in [-0.1, -0.05) is 146 Å². The number of benzene rings is 8. The molecule has 1 nitrogen and oxygen atoms in total. The van der Waals surface area contributed by atoms with Crippen LogP contribution in [0.25, 0.3) is 55.3 Å². The predicted molar refractivity (Wildman–Crippen MR) is 199 cm³/mol. The summed E-state index contributed by atoms with van der Waals surface area (Å²) in [6.45, 7) is 0. The fourth-order valence-electron chi connectivity index (χ4n) is 9.23. The van der Waals surface area contributed by atoms with E-state index in [-0.39, 0.29) is 5.41 Å². The molecule has 11 rings (SSSR count). The summed E-state index contributed by atoms with van der Waals surface area (Å²) < 4.78 is 0. The summed E-state index contributed by atoms with van der Waals surface area (Å²) >= 11 is 0. The second-order valence-electron chi connectivity index (χ2n) is 13.2. The van der Waals surface area contributed by atoms with Gasteiger partial charge < -0.3 is 4.90 Å². The molecule has 0 fully saturated rings. The first-order chi connectivity index (χ1) is 23.8. The van der Waals surface area contributed by atoms with E-state index in [9.17, 15) is 0 Å². The van der Waals surface area contributed by atoms with Crippen LogP contribution in [0, 0.1) is 0 Å². The van der Waals surface area contributed by atoms with Crippen molar-refractivity contribution in [1.82, 2.24) is 0 Å². The first-order valence-electron chi connectivity index (χ1n) is 16.8. The normalized spacial score (nSPS) is 15.6. The maximum Gasteiger partial charge on any atom is 0.0758 e. The molecule has 0 N–H and O–H groups in total. The van der Waals surface area contributed by atoms with Gasteiger partial charge in [0.2, 0.25) is 0 Å². The average Bonchev–Trinajstić information content (AvgIpc) is 3.75. The summed E-state index contributed by atoms with van der Waals surface area (Å²) in [7, 11) is 0. The Balaban J connectivity index is 1.25. The Labute approximate surface area is 280 Å². The molecule has 0 aliphatic heterocycles. The summed E-state index contributed by atoms with van der Waals surface area (Å²) in [5.74, 6) is 0. The molecular formula is C47H29N. The van der Waals surface area contributed by atoms with Crippen LogP contribution in [0.2, 0.25) is 0 Å². The SMILES string of the molecule is c1ccc(N(c2ccccc2-c2ccc3ccccc3c2)c2cccc3c2C24c5ccccc5-c5cccc(c52)-c2cccc-3c24)cc1. The second kappa shape index (κ2) is 9.44. The van der Waals surface area contributed by atoms with Crippen LogP contribution in [0.15, 0.2) is 176 Å². The third-order valence-corrected chi connectivity index (χ3v) is 11.0. The Hall–Kier alpha value is -6.18. The van der Waals surface area contributed by atoms with E-state index in [1.165, 1.54) is 83.2 Å². The topological polar surface area (TPSA) is 3.24 Å². The zero-order valence-corrected chi connectivity index (χ0v) is 26.2. The van der Waals surface area contributed by atoms with E-state index >= 15 is 0 Å². The third-order valence-electron chi connectivity index (χ3n) is 11.0. The largest absolute Gasteiger partial charge is 0.310 e. The molecule has 1 heteroatoms. The van der Waals surface area contributed by atoms with Crippen molar-refractivity contribution < 1.29 is 0 Å². The highest BCUT2D eigenvalue weighted by Crippen LogP contribution is 2.71. The highest BCUT2D eigenvalue weighted by atomic mass is 15.1. The highest BCUT2D eigenvalue weighted by Gasteiger charge is 2.58. The van der Waals surface area contributed by atoms with Crippen LogP contribution >= 0.6 is 0 Å². The Morgan fingerprint density at radius 1 is 0.333 bits per heavy atom. The minimum Gasteiger partial charge on any atom is -0.310 e. The molecular weight excluding hydrogens is 579 g/mol. The zero-order valence-electron chi connectivity index (χ0n) is 26.2. The molecule has 8 aromatic rings. The van der Waals surface area contributed by atoms with Crippen LogP contribution in [0.1, 0.15) is 22.3 Å². The van der Waals surface area contributed by atoms with Crippen molar-refractivity contribution in [3.63, 3.8) is 0 Å². The highest BCUT2D eigenvalue weighted by molar-refractivity contribution is 6.08. The molecule has 1 spiro atoms. The fourth-order valence-corrected chi connectivity index (χ4v) is 9.23. The molecule has 0 heterocycles. The maximum atomic E-state index is 2.52. The number of rotatable bonds is 4. The smallest absolute Gasteiger partial charge is 0.0758 e. The van der Waals surface area contributed by atoms with Gasteiger partial charge in [0.25, 0.3) is 0 Å². The lowest BCUT2D eigenvalue weighted by molar-refractivity contribution is 0.817. The van der Waals surface area contributed by atoms with Crippen LogP contribution in [-0.4, -0.2) is 0 Å². The number of fused-ring (bicyclic) bond motifs is 6. The van der Waals surface area contributed by atoms with E-state index < -0.39 is 0 Å². The fraction of sp³-hybridized carbons (Fsp3) is 0.0213. The van der Waals surface area contributed by atoms with Gasteiger partial charge >= 0.3 is 0 Å². The average molecular weight is 608 g/mol. The molecule has 48 heavy (non-hydrogen) atoms. The van der Waals surface area contributed by atoms with E-state index in [0.717, 1.165) is 11.4 Å². The van der Waals surface area contributed by atoms with Crippen LogP contribution < -0.4 is 4.90 Å². The summed E-state index contributed by atoms with van der Waals surface area (Å²) in [6, 6.07) is 65.3. The lowest BCUT2D eigenvalue weighted by atomic mass is 9.72. The molecule has 0 saturated heterocycles. The minimum atomic E-state index is -0.384. The number of anilines is 3. The van der Waals surface area contributed by atoms with E-state index in [1.54, 1.807) is 0 Å².